The van der Waals surface area contributed by atoms with E-state index in [4.69, 9.17) is 0 Å². The molecular weight excluding hydrogens is 258 g/mol. The molecule has 0 radical (unpaired) electrons. The first kappa shape index (κ1) is 17.6. The van der Waals surface area contributed by atoms with Crippen molar-refractivity contribution >= 4 is 0 Å². The fourth-order valence-electron chi connectivity index (χ4n) is 1.86. The minimum absolute atomic E-state index is 0.0664. The van der Waals surface area contributed by atoms with Gasteiger partial charge >= 0.3 is 12.4 Å². The quantitative estimate of drug-likeness (QED) is 0.588. The van der Waals surface area contributed by atoms with Gasteiger partial charge in [-0.25, -0.2) is 0 Å². The summed E-state index contributed by atoms with van der Waals surface area (Å²) >= 11 is 0. The molecule has 110 valence electrons. The molecule has 6 heteroatoms. The van der Waals surface area contributed by atoms with Gasteiger partial charge in [-0.3, -0.25) is 0 Å². The second-order valence-corrected chi connectivity index (χ2v) is 5.34. The van der Waals surface area contributed by atoms with Crippen molar-refractivity contribution in [3.8, 4) is 0 Å². The molecule has 0 amide bonds. The molecule has 0 aromatic heterocycles. The van der Waals surface area contributed by atoms with Crippen LogP contribution in [0.25, 0.3) is 0 Å². The summed E-state index contributed by atoms with van der Waals surface area (Å²) < 4.78 is 74.6. The van der Waals surface area contributed by atoms with Gasteiger partial charge < -0.3 is 0 Å². The van der Waals surface area contributed by atoms with E-state index < -0.39 is 24.2 Å². The van der Waals surface area contributed by atoms with E-state index >= 15 is 0 Å². The molecule has 0 aliphatic carbocycles. The molecule has 0 fully saturated rings. The van der Waals surface area contributed by atoms with Gasteiger partial charge in [0, 0.05) is 0 Å². The summed E-state index contributed by atoms with van der Waals surface area (Å²) in [7, 11) is 0. The molecule has 0 spiro atoms. The molecule has 0 nitrogen and oxygen atoms in total. The third kappa shape index (κ3) is 5.48. The Kier molecular flexibility index (Phi) is 6.01. The topological polar surface area (TPSA) is 0 Å². The molecule has 0 rings (SSSR count). The van der Waals surface area contributed by atoms with Gasteiger partial charge in [-0.2, -0.15) is 26.3 Å². The summed E-state index contributed by atoms with van der Waals surface area (Å²) in [5.41, 5.74) is 0. The molecule has 0 aliphatic heterocycles. The third-order valence-electron chi connectivity index (χ3n) is 3.49. The summed E-state index contributed by atoms with van der Waals surface area (Å²) in [6.07, 6.45) is -10.1. The van der Waals surface area contributed by atoms with Gasteiger partial charge in [0.1, 0.15) is 0 Å². The average molecular weight is 278 g/mol. The molecule has 0 bridgehead atoms. The van der Waals surface area contributed by atoms with Crippen LogP contribution in [0, 0.1) is 23.7 Å². The van der Waals surface area contributed by atoms with E-state index in [1.165, 1.54) is 0 Å². The molecule has 2 atom stereocenters. The first-order chi connectivity index (χ1) is 7.87. The zero-order valence-electron chi connectivity index (χ0n) is 11.0. The Morgan fingerprint density at radius 3 is 1.28 bits per heavy atom. The van der Waals surface area contributed by atoms with Gasteiger partial charge in [0.2, 0.25) is 0 Å². The second kappa shape index (κ2) is 6.15. The standard InChI is InChI=1S/C12H20F6/c1-7(2)8(3)5-6-9(4)10(11(13,14)15)12(16,17)18/h7-10H,5-6H2,1-4H3. The zero-order chi connectivity index (χ0) is 14.7. The van der Waals surface area contributed by atoms with Crippen LogP contribution in [-0.4, -0.2) is 12.4 Å². The highest BCUT2D eigenvalue weighted by Crippen LogP contribution is 2.45. The molecule has 2 unspecified atom stereocenters. The van der Waals surface area contributed by atoms with Gasteiger partial charge in [0.15, 0.2) is 5.92 Å². The zero-order valence-corrected chi connectivity index (χ0v) is 11.0. The largest absolute Gasteiger partial charge is 0.400 e. The van der Waals surface area contributed by atoms with E-state index in [-0.39, 0.29) is 18.3 Å². The maximum atomic E-state index is 12.4. The van der Waals surface area contributed by atoms with Crippen molar-refractivity contribution in [2.75, 3.05) is 0 Å². The molecular formula is C12H20F6. The van der Waals surface area contributed by atoms with Crippen LogP contribution >= 0.6 is 0 Å². The Morgan fingerprint density at radius 2 is 1.00 bits per heavy atom. The average Bonchev–Trinajstić information content (AvgIpc) is 2.08. The van der Waals surface area contributed by atoms with Crippen molar-refractivity contribution < 1.29 is 26.3 Å². The summed E-state index contributed by atoms with van der Waals surface area (Å²) in [5, 5.41) is 0. The molecule has 18 heavy (non-hydrogen) atoms. The summed E-state index contributed by atoms with van der Waals surface area (Å²) in [4.78, 5) is 0. The van der Waals surface area contributed by atoms with Gasteiger partial charge in [-0.15, -0.1) is 0 Å². The lowest BCUT2D eigenvalue weighted by Gasteiger charge is -2.29. The van der Waals surface area contributed by atoms with E-state index in [0.717, 1.165) is 6.92 Å². The predicted molar refractivity (Wildman–Crippen MR) is 58.0 cm³/mol. The Bertz CT molecular complexity index is 226. The van der Waals surface area contributed by atoms with E-state index in [9.17, 15) is 26.3 Å². The van der Waals surface area contributed by atoms with Gasteiger partial charge in [0.05, 0.1) is 0 Å². The van der Waals surface area contributed by atoms with Crippen LogP contribution < -0.4 is 0 Å². The number of halogens is 6. The van der Waals surface area contributed by atoms with Gasteiger partial charge in [-0.1, -0.05) is 34.1 Å². The number of hydrogen-bond acceptors (Lipinski definition) is 0. The molecule has 0 saturated carbocycles. The highest BCUT2D eigenvalue weighted by atomic mass is 19.4. The minimum atomic E-state index is -5.22. The molecule has 0 saturated heterocycles. The maximum Gasteiger partial charge on any atom is 0.400 e. The molecule has 0 aromatic carbocycles. The van der Waals surface area contributed by atoms with E-state index in [1.54, 1.807) is 0 Å². The van der Waals surface area contributed by atoms with Crippen LogP contribution in [0.5, 0.6) is 0 Å². The summed E-state index contributed by atoms with van der Waals surface area (Å²) in [6, 6.07) is 0. The van der Waals surface area contributed by atoms with Crippen molar-refractivity contribution in [2.45, 2.75) is 52.9 Å². The highest BCUT2D eigenvalue weighted by molar-refractivity contribution is 4.80. The number of alkyl halides is 6. The fourth-order valence-corrected chi connectivity index (χ4v) is 1.86. The predicted octanol–water partition coefficient (Wildman–Crippen LogP) is 5.44. The number of rotatable bonds is 5. The second-order valence-electron chi connectivity index (χ2n) is 5.34. The Labute approximate surface area is 104 Å². The summed E-state index contributed by atoms with van der Waals surface area (Å²) in [6.45, 7) is 6.67. The third-order valence-corrected chi connectivity index (χ3v) is 3.49. The van der Waals surface area contributed by atoms with Crippen molar-refractivity contribution in [3.63, 3.8) is 0 Å². The lowest BCUT2D eigenvalue weighted by atomic mass is 9.84. The van der Waals surface area contributed by atoms with Crippen molar-refractivity contribution in [2.24, 2.45) is 23.7 Å². The van der Waals surface area contributed by atoms with Crippen LogP contribution in [0.3, 0.4) is 0 Å². The molecule has 0 N–H and O–H groups in total. The van der Waals surface area contributed by atoms with Crippen LogP contribution in [0.2, 0.25) is 0 Å². The Balaban J connectivity index is 4.65. The van der Waals surface area contributed by atoms with Gasteiger partial charge in [-0.05, 0) is 24.2 Å². The fraction of sp³-hybridized carbons (Fsp3) is 1.00. The molecule has 0 aromatic rings. The lowest BCUT2D eigenvalue weighted by Crippen LogP contribution is -2.41. The van der Waals surface area contributed by atoms with Crippen LogP contribution in [0.1, 0.15) is 40.5 Å². The Morgan fingerprint density at radius 1 is 0.667 bits per heavy atom. The first-order valence-corrected chi connectivity index (χ1v) is 6.00. The summed E-state index contributed by atoms with van der Waals surface area (Å²) in [5.74, 6) is -4.28. The maximum absolute atomic E-state index is 12.4. The molecule has 0 heterocycles. The smallest absolute Gasteiger partial charge is 0.170 e. The van der Waals surface area contributed by atoms with Crippen LogP contribution in [-0.2, 0) is 0 Å². The Hall–Kier alpha value is -0.420. The van der Waals surface area contributed by atoms with Crippen LogP contribution in [0.4, 0.5) is 26.3 Å². The SMILES string of the molecule is CC(C)C(C)CCC(C)C(C(F)(F)F)C(F)(F)F. The van der Waals surface area contributed by atoms with Crippen molar-refractivity contribution in [1.29, 1.82) is 0 Å². The van der Waals surface area contributed by atoms with Crippen LogP contribution in [0.15, 0.2) is 0 Å². The monoisotopic (exact) mass is 278 g/mol. The van der Waals surface area contributed by atoms with E-state index in [1.807, 2.05) is 20.8 Å². The van der Waals surface area contributed by atoms with E-state index in [2.05, 4.69) is 0 Å². The minimum Gasteiger partial charge on any atom is -0.170 e. The van der Waals surface area contributed by atoms with E-state index in [0.29, 0.717) is 6.42 Å². The lowest BCUT2D eigenvalue weighted by molar-refractivity contribution is -0.297. The number of hydrogen-bond donors (Lipinski definition) is 0. The highest BCUT2D eigenvalue weighted by Gasteiger charge is 2.58. The normalized spacial score (nSPS) is 17.3. The first-order valence-electron chi connectivity index (χ1n) is 6.00. The van der Waals surface area contributed by atoms with Crippen molar-refractivity contribution in [3.05, 3.63) is 0 Å². The molecule has 0 aliphatic rings. The van der Waals surface area contributed by atoms with Gasteiger partial charge in [0.25, 0.3) is 0 Å². The van der Waals surface area contributed by atoms with Crippen molar-refractivity contribution in [1.82, 2.24) is 0 Å².